The third kappa shape index (κ3) is 3.91. The number of nitrogens with zero attached hydrogens (tertiary/aromatic N) is 2. The molecule has 106 valence electrons. The Kier molecular flexibility index (Phi) is 4.31. The van der Waals surface area contributed by atoms with Gasteiger partial charge in [-0.25, -0.2) is 8.42 Å². The van der Waals surface area contributed by atoms with Gasteiger partial charge in [-0.1, -0.05) is 0 Å². The Morgan fingerprint density at radius 1 is 1.22 bits per heavy atom. The predicted octanol–water partition coefficient (Wildman–Crippen LogP) is -0.599. The van der Waals surface area contributed by atoms with E-state index in [0.29, 0.717) is 11.5 Å². The molecule has 1 unspecified atom stereocenters. The monoisotopic (exact) mass is 275 g/mol. The Hall–Kier alpha value is -0.170. The number of rotatable bonds is 4. The zero-order valence-corrected chi connectivity index (χ0v) is 12.3. The van der Waals surface area contributed by atoms with Crippen LogP contribution in [-0.2, 0) is 9.84 Å². The van der Waals surface area contributed by atoms with Crippen molar-refractivity contribution in [1.82, 2.24) is 15.1 Å². The quantitative estimate of drug-likeness (QED) is 0.742. The van der Waals surface area contributed by atoms with Gasteiger partial charge in [0.25, 0.3) is 0 Å². The SMILES string of the molecule is CN1CCN(CCNC2(C)CCS(=O)(=O)C2)CC1. The lowest BCUT2D eigenvalue weighted by atomic mass is 10.0. The van der Waals surface area contributed by atoms with Gasteiger partial charge in [-0.05, 0) is 20.4 Å². The molecule has 2 aliphatic heterocycles. The van der Waals surface area contributed by atoms with Crippen molar-refractivity contribution in [2.75, 3.05) is 57.8 Å². The van der Waals surface area contributed by atoms with Crippen LogP contribution in [0.5, 0.6) is 0 Å². The van der Waals surface area contributed by atoms with Gasteiger partial charge in [-0.3, -0.25) is 4.90 Å². The van der Waals surface area contributed by atoms with Crippen molar-refractivity contribution in [3.05, 3.63) is 0 Å². The van der Waals surface area contributed by atoms with Crippen LogP contribution in [-0.4, -0.2) is 81.6 Å². The Bertz CT molecular complexity index is 377. The lowest BCUT2D eigenvalue weighted by molar-refractivity contribution is 0.151. The minimum atomic E-state index is -2.80. The van der Waals surface area contributed by atoms with E-state index in [-0.39, 0.29) is 5.54 Å². The zero-order chi connectivity index (χ0) is 13.2. The van der Waals surface area contributed by atoms with Crippen LogP contribution in [0.1, 0.15) is 13.3 Å². The molecule has 0 radical (unpaired) electrons. The van der Waals surface area contributed by atoms with Crippen LogP contribution in [0.15, 0.2) is 0 Å². The van der Waals surface area contributed by atoms with Crippen molar-refractivity contribution in [2.24, 2.45) is 0 Å². The van der Waals surface area contributed by atoms with E-state index in [1.165, 1.54) is 0 Å². The highest BCUT2D eigenvalue weighted by molar-refractivity contribution is 7.91. The molecule has 0 amide bonds. The largest absolute Gasteiger partial charge is 0.309 e. The fourth-order valence-corrected chi connectivity index (χ4v) is 4.86. The molecule has 2 aliphatic rings. The molecule has 6 heteroatoms. The number of hydrogen-bond acceptors (Lipinski definition) is 5. The summed E-state index contributed by atoms with van der Waals surface area (Å²) in [5, 5.41) is 3.44. The third-order valence-corrected chi connectivity index (χ3v) is 5.98. The number of likely N-dealkylation sites (N-methyl/N-ethyl adjacent to an activating group) is 1. The van der Waals surface area contributed by atoms with Gasteiger partial charge in [0.15, 0.2) is 9.84 Å². The summed E-state index contributed by atoms with van der Waals surface area (Å²) in [6, 6.07) is 0. The highest BCUT2D eigenvalue weighted by Crippen LogP contribution is 2.22. The molecule has 2 fully saturated rings. The molecule has 1 N–H and O–H groups in total. The minimum Gasteiger partial charge on any atom is -0.309 e. The van der Waals surface area contributed by atoms with Crippen LogP contribution < -0.4 is 5.32 Å². The first-order valence-electron chi connectivity index (χ1n) is 6.75. The second-order valence-electron chi connectivity index (χ2n) is 5.97. The van der Waals surface area contributed by atoms with Gasteiger partial charge in [-0.2, -0.15) is 0 Å². The average Bonchev–Trinajstić information content (AvgIpc) is 2.56. The van der Waals surface area contributed by atoms with E-state index < -0.39 is 9.84 Å². The molecule has 1 atom stereocenters. The van der Waals surface area contributed by atoms with Crippen LogP contribution in [0.2, 0.25) is 0 Å². The highest BCUT2D eigenvalue weighted by atomic mass is 32.2. The lowest BCUT2D eigenvalue weighted by Gasteiger charge is -2.33. The second kappa shape index (κ2) is 5.45. The van der Waals surface area contributed by atoms with E-state index >= 15 is 0 Å². The highest BCUT2D eigenvalue weighted by Gasteiger charge is 2.37. The van der Waals surface area contributed by atoms with Crippen LogP contribution >= 0.6 is 0 Å². The first-order chi connectivity index (χ1) is 8.39. The van der Waals surface area contributed by atoms with E-state index in [2.05, 4.69) is 22.2 Å². The van der Waals surface area contributed by atoms with Crippen LogP contribution in [0.3, 0.4) is 0 Å². The topological polar surface area (TPSA) is 52.6 Å². The van der Waals surface area contributed by atoms with Gasteiger partial charge in [0.2, 0.25) is 0 Å². The van der Waals surface area contributed by atoms with Crippen molar-refractivity contribution in [1.29, 1.82) is 0 Å². The fraction of sp³-hybridized carbons (Fsp3) is 1.00. The normalized spacial score (nSPS) is 33.9. The van der Waals surface area contributed by atoms with Gasteiger partial charge < -0.3 is 10.2 Å². The molecule has 0 spiro atoms. The van der Waals surface area contributed by atoms with Gasteiger partial charge in [-0.15, -0.1) is 0 Å². The van der Waals surface area contributed by atoms with Crippen molar-refractivity contribution < 1.29 is 8.42 Å². The molecule has 2 rings (SSSR count). The van der Waals surface area contributed by atoms with Gasteiger partial charge in [0.05, 0.1) is 11.5 Å². The summed E-state index contributed by atoms with van der Waals surface area (Å²) in [7, 11) is -0.646. The van der Waals surface area contributed by atoms with E-state index in [1.807, 2.05) is 6.92 Å². The van der Waals surface area contributed by atoms with Crippen LogP contribution in [0.25, 0.3) is 0 Å². The Morgan fingerprint density at radius 2 is 1.89 bits per heavy atom. The van der Waals surface area contributed by atoms with E-state index in [9.17, 15) is 8.42 Å². The molecule has 2 saturated heterocycles. The average molecular weight is 275 g/mol. The number of hydrogen-bond donors (Lipinski definition) is 1. The van der Waals surface area contributed by atoms with Crippen LogP contribution in [0, 0.1) is 0 Å². The first-order valence-corrected chi connectivity index (χ1v) is 8.57. The fourth-order valence-electron chi connectivity index (χ4n) is 2.74. The molecule has 0 bridgehead atoms. The van der Waals surface area contributed by atoms with Gasteiger partial charge in [0, 0.05) is 44.8 Å². The minimum absolute atomic E-state index is 0.203. The maximum absolute atomic E-state index is 11.5. The standard InChI is InChI=1S/C12H25N3O2S/c1-12(3-10-18(16,17)11-12)13-4-5-15-8-6-14(2)7-9-15/h13H,3-11H2,1-2H3. The Balaban J connectivity index is 1.69. The zero-order valence-electron chi connectivity index (χ0n) is 11.5. The maximum Gasteiger partial charge on any atom is 0.152 e. The summed E-state index contributed by atoms with van der Waals surface area (Å²) in [5.41, 5.74) is -0.203. The summed E-state index contributed by atoms with van der Waals surface area (Å²) >= 11 is 0. The summed E-state index contributed by atoms with van der Waals surface area (Å²) in [6.45, 7) is 8.43. The summed E-state index contributed by atoms with van der Waals surface area (Å²) in [4.78, 5) is 4.79. The summed E-state index contributed by atoms with van der Waals surface area (Å²) in [6.07, 6.45) is 0.748. The number of nitrogens with one attached hydrogen (secondary N) is 1. The lowest BCUT2D eigenvalue weighted by Crippen LogP contribution is -2.50. The van der Waals surface area contributed by atoms with Gasteiger partial charge >= 0.3 is 0 Å². The first kappa shape index (κ1) is 14.2. The summed E-state index contributed by atoms with van der Waals surface area (Å²) < 4.78 is 23.0. The molecule has 2 heterocycles. The molecule has 5 nitrogen and oxygen atoms in total. The molecule has 18 heavy (non-hydrogen) atoms. The molecule has 0 aliphatic carbocycles. The summed E-state index contributed by atoms with van der Waals surface area (Å²) in [5.74, 6) is 0.633. The second-order valence-corrected chi connectivity index (χ2v) is 8.16. The molecule has 0 aromatic rings. The number of sulfone groups is 1. The van der Waals surface area contributed by atoms with E-state index in [1.54, 1.807) is 0 Å². The van der Waals surface area contributed by atoms with Crippen molar-refractivity contribution >= 4 is 9.84 Å². The molecular weight excluding hydrogens is 250 g/mol. The van der Waals surface area contributed by atoms with Crippen LogP contribution in [0.4, 0.5) is 0 Å². The van der Waals surface area contributed by atoms with Crippen molar-refractivity contribution in [3.63, 3.8) is 0 Å². The van der Waals surface area contributed by atoms with Crippen molar-refractivity contribution in [3.8, 4) is 0 Å². The van der Waals surface area contributed by atoms with E-state index in [4.69, 9.17) is 0 Å². The Morgan fingerprint density at radius 3 is 2.44 bits per heavy atom. The third-order valence-electron chi connectivity index (χ3n) is 4.08. The smallest absolute Gasteiger partial charge is 0.152 e. The van der Waals surface area contributed by atoms with Crippen molar-refractivity contribution in [2.45, 2.75) is 18.9 Å². The molecular formula is C12H25N3O2S. The van der Waals surface area contributed by atoms with Gasteiger partial charge in [0.1, 0.15) is 0 Å². The predicted molar refractivity (Wildman–Crippen MR) is 73.6 cm³/mol. The maximum atomic E-state index is 11.5. The Labute approximate surface area is 110 Å². The number of piperazine rings is 1. The molecule has 0 aromatic heterocycles. The molecule has 0 saturated carbocycles. The molecule has 0 aromatic carbocycles. The van der Waals surface area contributed by atoms with E-state index in [0.717, 1.165) is 45.7 Å².